The van der Waals surface area contributed by atoms with E-state index in [1.165, 1.54) is 6.07 Å². The van der Waals surface area contributed by atoms with Crippen LogP contribution in [0.1, 0.15) is 0 Å². The van der Waals surface area contributed by atoms with Gasteiger partial charge in [-0.3, -0.25) is 4.98 Å². The van der Waals surface area contributed by atoms with E-state index >= 15 is 0 Å². The van der Waals surface area contributed by atoms with Crippen LogP contribution in [0.2, 0.25) is 0 Å². The van der Waals surface area contributed by atoms with Crippen molar-refractivity contribution in [1.29, 1.82) is 0 Å². The van der Waals surface area contributed by atoms with E-state index in [1.807, 2.05) is 0 Å². The fourth-order valence-electron chi connectivity index (χ4n) is 1.19. The van der Waals surface area contributed by atoms with Gasteiger partial charge in [-0.05, 0) is 12.1 Å². The highest BCUT2D eigenvalue weighted by molar-refractivity contribution is 5.58. The molecule has 1 N–H and O–H groups in total. The molecule has 0 saturated carbocycles. The highest BCUT2D eigenvalue weighted by Gasteiger charge is 2.02. The molecule has 76 valence electrons. The van der Waals surface area contributed by atoms with Crippen molar-refractivity contribution < 1.29 is 4.39 Å². The number of rotatable bonds is 2. The molecule has 2 heterocycles. The number of nitrogens with zero attached hydrogens (tertiary/aromatic N) is 3. The van der Waals surface area contributed by atoms with Crippen LogP contribution < -0.4 is 5.32 Å². The summed E-state index contributed by atoms with van der Waals surface area (Å²) in [6.07, 6.45) is 4.33. The molecule has 0 atom stereocenters. The largest absolute Gasteiger partial charge is 0.357 e. The number of hydrogen-bond donors (Lipinski definition) is 1. The Morgan fingerprint density at radius 1 is 1.33 bits per heavy atom. The van der Waals surface area contributed by atoms with Crippen LogP contribution in [0.4, 0.5) is 10.3 Å². The molecule has 15 heavy (non-hydrogen) atoms. The fourth-order valence-corrected chi connectivity index (χ4v) is 1.19. The average molecular weight is 204 g/mol. The Kier molecular flexibility index (Phi) is 2.53. The lowest BCUT2D eigenvalue weighted by Crippen LogP contribution is -1.96. The topological polar surface area (TPSA) is 50.7 Å². The minimum absolute atomic E-state index is 0.378. The SMILES string of the molecule is CNc1nccc(-c2cncc(F)c2)n1. The molecule has 0 aliphatic carbocycles. The van der Waals surface area contributed by atoms with E-state index in [2.05, 4.69) is 20.3 Å². The predicted molar refractivity (Wildman–Crippen MR) is 54.8 cm³/mol. The third kappa shape index (κ3) is 2.07. The average Bonchev–Trinajstić information content (AvgIpc) is 2.29. The highest BCUT2D eigenvalue weighted by Crippen LogP contribution is 2.16. The standard InChI is InChI=1S/C10H9FN4/c1-12-10-14-3-2-9(15-10)7-4-8(11)6-13-5-7/h2-6H,1H3,(H,12,14,15). The number of nitrogens with one attached hydrogen (secondary N) is 1. The van der Waals surface area contributed by atoms with Gasteiger partial charge in [-0.1, -0.05) is 0 Å². The third-order valence-corrected chi connectivity index (χ3v) is 1.88. The van der Waals surface area contributed by atoms with Crippen molar-refractivity contribution in [1.82, 2.24) is 15.0 Å². The van der Waals surface area contributed by atoms with E-state index < -0.39 is 0 Å². The summed E-state index contributed by atoms with van der Waals surface area (Å²) in [6.45, 7) is 0. The van der Waals surface area contributed by atoms with E-state index in [1.54, 1.807) is 25.5 Å². The summed E-state index contributed by atoms with van der Waals surface area (Å²) >= 11 is 0. The quantitative estimate of drug-likeness (QED) is 0.809. The van der Waals surface area contributed by atoms with Crippen LogP contribution in [0.15, 0.2) is 30.7 Å². The van der Waals surface area contributed by atoms with Crippen LogP contribution in [0, 0.1) is 5.82 Å². The highest BCUT2D eigenvalue weighted by atomic mass is 19.1. The van der Waals surface area contributed by atoms with Crippen molar-refractivity contribution >= 4 is 5.95 Å². The van der Waals surface area contributed by atoms with E-state index in [0.717, 1.165) is 6.20 Å². The van der Waals surface area contributed by atoms with Gasteiger partial charge in [0.05, 0.1) is 11.9 Å². The molecule has 2 aromatic heterocycles. The van der Waals surface area contributed by atoms with Gasteiger partial charge in [0.2, 0.25) is 5.95 Å². The van der Waals surface area contributed by atoms with Gasteiger partial charge in [-0.15, -0.1) is 0 Å². The minimum atomic E-state index is -0.378. The molecule has 0 unspecified atom stereocenters. The zero-order valence-electron chi connectivity index (χ0n) is 8.11. The molecule has 0 aliphatic rings. The van der Waals surface area contributed by atoms with Gasteiger partial charge < -0.3 is 5.32 Å². The van der Waals surface area contributed by atoms with E-state index in [9.17, 15) is 4.39 Å². The summed E-state index contributed by atoms with van der Waals surface area (Å²) in [7, 11) is 1.73. The van der Waals surface area contributed by atoms with Gasteiger partial charge in [0.15, 0.2) is 0 Å². The van der Waals surface area contributed by atoms with Gasteiger partial charge in [-0.25, -0.2) is 14.4 Å². The number of anilines is 1. The summed E-state index contributed by atoms with van der Waals surface area (Å²) in [5, 5.41) is 2.82. The van der Waals surface area contributed by atoms with Crippen LogP contribution in [0.25, 0.3) is 11.3 Å². The number of pyridine rings is 1. The van der Waals surface area contributed by atoms with E-state index in [0.29, 0.717) is 17.2 Å². The second-order valence-electron chi connectivity index (χ2n) is 2.91. The van der Waals surface area contributed by atoms with Gasteiger partial charge in [0.1, 0.15) is 5.82 Å². The normalized spacial score (nSPS) is 10.0. The number of aromatic nitrogens is 3. The zero-order valence-corrected chi connectivity index (χ0v) is 8.11. The third-order valence-electron chi connectivity index (χ3n) is 1.88. The molecule has 4 nitrogen and oxygen atoms in total. The van der Waals surface area contributed by atoms with Crippen LogP contribution >= 0.6 is 0 Å². The molecule has 2 aromatic rings. The van der Waals surface area contributed by atoms with Gasteiger partial charge in [0.25, 0.3) is 0 Å². The second kappa shape index (κ2) is 4.00. The maximum absolute atomic E-state index is 12.9. The van der Waals surface area contributed by atoms with Gasteiger partial charge >= 0.3 is 0 Å². The monoisotopic (exact) mass is 204 g/mol. The lowest BCUT2D eigenvalue weighted by atomic mass is 10.2. The van der Waals surface area contributed by atoms with Gasteiger partial charge in [-0.2, -0.15) is 0 Å². The minimum Gasteiger partial charge on any atom is -0.357 e. The summed E-state index contributed by atoms with van der Waals surface area (Å²) in [5.41, 5.74) is 1.27. The second-order valence-corrected chi connectivity index (χ2v) is 2.91. The van der Waals surface area contributed by atoms with Crippen LogP contribution in [-0.4, -0.2) is 22.0 Å². The summed E-state index contributed by atoms with van der Waals surface area (Å²) in [5.74, 6) is 0.119. The molecule has 0 spiro atoms. The Bertz CT molecular complexity index is 472. The van der Waals surface area contributed by atoms with Crippen LogP contribution in [0.3, 0.4) is 0 Å². The molecule has 2 rings (SSSR count). The molecule has 0 amide bonds. The molecule has 0 radical (unpaired) electrons. The summed E-state index contributed by atoms with van der Waals surface area (Å²) in [6, 6.07) is 3.09. The molecule has 0 aromatic carbocycles. The van der Waals surface area contributed by atoms with Crippen molar-refractivity contribution in [3.8, 4) is 11.3 Å². The molecular formula is C10H9FN4. The first-order chi connectivity index (χ1) is 7.29. The molecule has 0 bridgehead atoms. The fraction of sp³-hybridized carbons (Fsp3) is 0.100. The van der Waals surface area contributed by atoms with Crippen molar-refractivity contribution in [2.75, 3.05) is 12.4 Å². The van der Waals surface area contributed by atoms with E-state index in [4.69, 9.17) is 0 Å². The molecular weight excluding hydrogens is 195 g/mol. The maximum atomic E-state index is 12.9. The molecule has 5 heteroatoms. The first-order valence-corrected chi connectivity index (χ1v) is 4.41. The summed E-state index contributed by atoms with van der Waals surface area (Å²) in [4.78, 5) is 11.9. The zero-order chi connectivity index (χ0) is 10.7. The van der Waals surface area contributed by atoms with Crippen LogP contribution in [-0.2, 0) is 0 Å². The van der Waals surface area contributed by atoms with E-state index in [-0.39, 0.29) is 5.82 Å². The molecule has 0 aliphatic heterocycles. The molecule has 0 saturated heterocycles. The Balaban J connectivity index is 2.44. The summed E-state index contributed by atoms with van der Waals surface area (Å²) < 4.78 is 12.9. The Morgan fingerprint density at radius 2 is 2.20 bits per heavy atom. The molecule has 0 fully saturated rings. The van der Waals surface area contributed by atoms with Crippen molar-refractivity contribution in [3.05, 3.63) is 36.5 Å². The predicted octanol–water partition coefficient (Wildman–Crippen LogP) is 1.72. The Morgan fingerprint density at radius 3 is 2.93 bits per heavy atom. The van der Waals surface area contributed by atoms with Crippen molar-refractivity contribution in [2.24, 2.45) is 0 Å². The smallest absolute Gasteiger partial charge is 0.222 e. The lowest BCUT2D eigenvalue weighted by Gasteiger charge is -2.02. The number of halogens is 1. The Hall–Kier alpha value is -2.04. The van der Waals surface area contributed by atoms with Crippen LogP contribution in [0.5, 0.6) is 0 Å². The first-order valence-electron chi connectivity index (χ1n) is 4.41. The Labute approximate surface area is 86.2 Å². The maximum Gasteiger partial charge on any atom is 0.222 e. The lowest BCUT2D eigenvalue weighted by molar-refractivity contribution is 0.622. The number of hydrogen-bond acceptors (Lipinski definition) is 4. The van der Waals surface area contributed by atoms with Crippen molar-refractivity contribution in [3.63, 3.8) is 0 Å². The van der Waals surface area contributed by atoms with Crippen molar-refractivity contribution in [2.45, 2.75) is 0 Å². The van der Waals surface area contributed by atoms with Gasteiger partial charge in [0, 0.05) is 25.0 Å². The first kappa shape index (κ1) is 9.51.